The molecule has 4 nitrogen and oxygen atoms in total. The Kier molecular flexibility index (Phi) is 11.7. The molecule has 1 fully saturated rings. The Labute approximate surface area is 135 Å². The molecule has 0 saturated carbocycles. The van der Waals surface area contributed by atoms with Gasteiger partial charge in [0.15, 0.2) is 5.96 Å². The lowest BCUT2D eigenvalue weighted by Gasteiger charge is -2.28. The van der Waals surface area contributed by atoms with Crippen molar-refractivity contribution in [3.8, 4) is 0 Å². The summed E-state index contributed by atoms with van der Waals surface area (Å²) in [5, 5.41) is 3.16. The molecular formula is C14H31IN4. The molecule has 0 aromatic heterocycles. The number of aliphatic imine (C=N–C) groups is 1. The summed E-state index contributed by atoms with van der Waals surface area (Å²) in [6.45, 7) is 9.89. The van der Waals surface area contributed by atoms with E-state index in [-0.39, 0.29) is 24.0 Å². The number of likely N-dealkylation sites (tertiary alicyclic amines) is 1. The Balaban J connectivity index is 0.00000324. The zero-order chi connectivity index (χ0) is 13.2. The van der Waals surface area contributed by atoms with Crippen LogP contribution < -0.4 is 11.1 Å². The Morgan fingerprint density at radius 1 is 1.32 bits per heavy atom. The molecule has 0 aromatic rings. The SMILES string of the molecule is CCCCNC(N)=NCC(C)CN1CCCCC1.I. The van der Waals surface area contributed by atoms with Crippen LogP contribution in [0.25, 0.3) is 0 Å². The third-order valence-corrected chi connectivity index (χ3v) is 3.43. The molecule has 1 saturated heterocycles. The second kappa shape index (κ2) is 11.8. The van der Waals surface area contributed by atoms with Gasteiger partial charge in [0.25, 0.3) is 0 Å². The molecule has 114 valence electrons. The van der Waals surface area contributed by atoms with Gasteiger partial charge >= 0.3 is 0 Å². The molecule has 0 spiro atoms. The highest BCUT2D eigenvalue weighted by atomic mass is 127. The summed E-state index contributed by atoms with van der Waals surface area (Å²) in [6, 6.07) is 0. The molecule has 1 aliphatic heterocycles. The third kappa shape index (κ3) is 9.49. The summed E-state index contributed by atoms with van der Waals surface area (Å²) in [5.74, 6) is 1.20. The number of hydrogen-bond acceptors (Lipinski definition) is 2. The summed E-state index contributed by atoms with van der Waals surface area (Å²) in [5.41, 5.74) is 5.82. The van der Waals surface area contributed by atoms with Crippen LogP contribution in [0.5, 0.6) is 0 Å². The largest absolute Gasteiger partial charge is 0.370 e. The Morgan fingerprint density at radius 3 is 2.63 bits per heavy atom. The molecular weight excluding hydrogens is 351 g/mol. The third-order valence-electron chi connectivity index (χ3n) is 3.43. The van der Waals surface area contributed by atoms with Gasteiger partial charge in [-0.05, 0) is 38.3 Å². The van der Waals surface area contributed by atoms with Crippen molar-refractivity contribution in [2.45, 2.75) is 46.0 Å². The van der Waals surface area contributed by atoms with E-state index in [4.69, 9.17) is 5.73 Å². The number of hydrogen-bond donors (Lipinski definition) is 2. The normalized spacial score (nSPS) is 18.7. The minimum absolute atomic E-state index is 0. The first-order valence-electron chi connectivity index (χ1n) is 7.48. The van der Waals surface area contributed by atoms with Crippen molar-refractivity contribution >= 4 is 29.9 Å². The van der Waals surface area contributed by atoms with Gasteiger partial charge in [-0.15, -0.1) is 24.0 Å². The van der Waals surface area contributed by atoms with Gasteiger partial charge in [-0.25, -0.2) is 0 Å². The van der Waals surface area contributed by atoms with Gasteiger partial charge in [-0.1, -0.05) is 26.7 Å². The molecule has 5 heteroatoms. The lowest BCUT2D eigenvalue weighted by Crippen LogP contribution is -2.36. The second-order valence-corrected chi connectivity index (χ2v) is 5.47. The molecule has 0 aliphatic carbocycles. The zero-order valence-corrected chi connectivity index (χ0v) is 14.9. The summed E-state index contributed by atoms with van der Waals surface area (Å²) >= 11 is 0. The lowest BCUT2D eigenvalue weighted by atomic mass is 10.1. The molecule has 1 unspecified atom stereocenters. The van der Waals surface area contributed by atoms with E-state index in [1.54, 1.807) is 0 Å². The fourth-order valence-corrected chi connectivity index (χ4v) is 2.34. The minimum atomic E-state index is 0. The van der Waals surface area contributed by atoms with E-state index >= 15 is 0 Å². The highest BCUT2D eigenvalue weighted by molar-refractivity contribution is 14.0. The van der Waals surface area contributed by atoms with Crippen LogP contribution in [0.15, 0.2) is 4.99 Å². The summed E-state index contributed by atoms with van der Waals surface area (Å²) in [7, 11) is 0. The molecule has 0 radical (unpaired) electrons. The quantitative estimate of drug-likeness (QED) is 0.308. The van der Waals surface area contributed by atoms with Crippen molar-refractivity contribution in [1.82, 2.24) is 10.2 Å². The highest BCUT2D eigenvalue weighted by Gasteiger charge is 2.12. The van der Waals surface area contributed by atoms with Crippen LogP contribution in [0.4, 0.5) is 0 Å². The topological polar surface area (TPSA) is 53.6 Å². The summed E-state index contributed by atoms with van der Waals surface area (Å²) < 4.78 is 0. The van der Waals surface area contributed by atoms with Gasteiger partial charge < -0.3 is 16.0 Å². The summed E-state index contributed by atoms with van der Waals surface area (Å²) in [4.78, 5) is 6.98. The number of piperidine rings is 1. The van der Waals surface area contributed by atoms with E-state index in [1.807, 2.05) is 0 Å². The molecule has 0 amide bonds. The van der Waals surface area contributed by atoms with E-state index in [2.05, 4.69) is 29.1 Å². The summed E-state index contributed by atoms with van der Waals surface area (Å²) in [6.07, 6.45) is 6.45. The number of rotatable bonds is 7. The average molecular weight is 382 g/mol. The van der Waals surface area contributed by atoms with Gasteiger partial charge in [0.05, 0.1) is 0 Å². The Bertz CT molecular complexity index is 240. The van der Waals surface area contributed by atoms with Gasteiger partial charge in [-0.3, -0.25) is 4.99 Å². The Hall–Kier alpha value is -0.0400. The molecule has 19 heavy (non-hydrogen) atoms. The van der Waals surface area contributed by atoms with E-state index in [1.165, 1.54) is 38.8 Å². The van der Waals surface area contributed by atoms with Gasteiger partial charge in [-0.2, -0.15) is 0 Å². The van der Waals surface area contributed by atoms with Crippen LogP contribution in [-0.2, 0) is 0 Å². The molecule has 0 bridgehead atoms. The highest BCUT2D eigenvalue weighted by Crippen LogP contribution is 2.10. The van der Waals surface area contributed by atoms with Crippen LogP contribution in [-0.4, -0.2) is 43.6 Å². The number of nitrogens with one attached hydrogen (secondary N) is 1. The van der Waals surface area contributed by atoms with E-state index < -0.39 is 0 Å². The van der Waals surface area contributed by atoms with Crippen LogP contribution in [0.3, 0.4) is 0 Å². The fraction of sp³-hybridized carbons (Fsp3) is 0.929. The maximum absolute atomic E-state index is 5.82. The monoisotopic (exact) mass is 382 g/mol. The van der Waals surface area contributed by atoms with Crippen molar-refractivity contribution in [3.63, 3.8) is 0 Å². The second-order valence-electron chi connectivity index (χ2n) is 5.47. The van der Waals surface area contributed by atoms with Crippen LogP contribution in [0.2, 0.25) is 0 Å². The van der Waals surface area contributed by atoms with Gasteiger partial charge in [0, 0.05) is 19.6 Å². The maximum Gasteiger partial charge on any atom is 0.188 e. The zero-order valence-electron chi connectivity index (χ0n) is 12.5. The molecule has 1 rings (SSSR count). The van der Waals surface area contributed by atoms with Crippen molar-refractivity contribution in [3.05, 3.63) is 0 Å². The van der Waals surface area contributed by atoms with Gasteiger partial charge in [0.2, 0.25) is 0 Å². The molecule has 1 aliphatic rings. The van der Waals surface area contributed by atoms with Crippen molar-refractivity contribution in [1.29, 1.82) is 0 Å². The number of guanidine groups is 1. The lowest BCUT2D eigenvalue weighted by molar-refractivity contribution is 0.203. The predicted octanol–water partition coefficient (Wildman–Crippen LogP) is 2.43. The van der Waals surface area contributed by atoms with Gasteiger partial charge in [0.1, 0.15) is 0 Å². The fourth-order valence-electron chi connectivity index (χ4n) is 2.34. The first kappa shape index (κ1) is 19.0. The number of unbranched alkanes of at least 4 members (excludes halogenated alkanes) is 1. The molecule has 1 atom stereocenters. The number of nitrogens with two attached hydrogens (primary N) is 1. The molecule has 1 heterocycles. The number of nitrogens with zero attached hydrogens (tertiary/aromatic N) is 2. The molecule has 3 N–H and O–H groups in total. The van der Waals surface area contributed by atoms with E-state index in [9.17, 15) is 0 Å². The first-order valence-corrected chi connectivity index (χ1v) is 7.48. The van der Waals surface area contributed by atoms with Crippen LogP contribution in [0.1, 0.15) is 46.0 Å². The van der Waals surface area contributed by atoms with Crippen molar-refractivity contribution < 1.29 is 0 Å². The Morgan fingerprint density at radius 2 is 2.00 bits per heavy atom. The van der Waals surface area contributed by atoms with Crippen LogP contribution >= 0.6 is 24.0 Å². The van der Waals surface area contributed by atoms with Crippen molar-refractivity contribution in [2.75, 3.05) is 32.7 Å². The minimum Gasteiger partial charge on any atom is -0.370 e. The average Bonchev–Trinajstić information content (AvgIpc) is 2.38. The number of halogens is 1. The van der Waals surface area contributed by atoms with E-state index in [0.29, 0.717) is 11.9 Å². The molecule has 0 aromatic carbocycles. The standard InChI is InChI=1S/C14H30N4.HI/c1-3-4-8-16-14(15)17-11-13(2)12-18-9-6-5-7-10-18;/h13H,3-12H2,1-2H3,(H3,15,16,17);1H. The maximum atomic E-state index is 5.82. The van der Waals surface area contributed by atoms with E-state index in [0.717, 1.165) is 26.1 Å². The van der Waals surface area contributed by atoms with Crippen molar-refractivity contribution in [2.24, 2.45) is 16.6 Å². The smallest absolute Gasteiger partial charge is 0.188 e. The van der Waals surface area contributed by atoms with Crippen LogP contribution in [0, 0.1) is 5.92 Å². The predicted molar refractivity (Wildman–Crippen MR) is 94.3 cm³/mol. The first-order chi connectivity index (χ1) is 8.72.